The van der Waals surface area contributed by atoms with Crippen LogP contribution in [0.3, 0.4) is 0 Å². The van der Waals surface area contributed by atoms with Crippen LogP contribution >= 0.6 is 0 Å². The van der Waals surface area contributed by atoms with Gasteiger partial charge in [-0.2, -0.15) is 0 Å². The smallest absolute Gasteiger partial charge is 0.314 e. The number of nitrogens with zero attached hydrogens (tertiary/aromatic N) is 1. The van der Waals surface area contributed by atoms with Crippen LogP contribution in [0, 0.1) is 0 Å². The Bertz CT molecular complexity index is 425. The van der Waals surface area contributed by atoms with Crippen LogP contribution in [0.1, 0.15) is 30.9 Å². The second-order valence-corrected chi connectivity index (χ2v) is 5.10. The summed E-state index contributed by atoms with van der Waals surface area (Å²) in [6.07, 6.45) is 3.03. The van der Waals surface area contributed by atoms with Crippen LogP contribution < -0.4 is 11.1 Å². The zero-order chi connectivity index (χ0) is 13.7. The van der Waals surface area contributed by atoms with Gasteiger partial charge in [0.2, 0.25) is 0 Å². The predicted octanol–water partition coefficient (Wildman–Crippen LogP) is 1.88. The third-order valence-corrected chi connectivity index (χ3v) is 3.89. The van der Waals surface area contributed by atoms with Crippen LogP contribution in [0.4, 0.5) is 4.79 Å². The van der Waals surface area contributed by atoms with E-state index in [0.717, 1.165) is 38.9 Å². The van der Waals surface area contributed by atoms with E-state index in [4.69, 9.17) is 5.73 Å². The van der Waals surface area contributed by atoms with E-state index in [9.17, 15) is 4.79 Å². The van der Waals surface area contributed by atoms with Gasteiger partial charge in [0.1, 0.15) is 0 Å². The molecule has 4 nitrogen and oxygen atoms in total. The van der Waals surface area contributed by atoms with Crippen molar-refractivity contribution in [1.82, 2.24) is 10.2 Å². The average molecular weight is 261 g/mol. The molecule has 0 saturated carbocycles. The van der Waals surface area contributed by atoms with Crippen molar-refractivity contribution in [3.05, 3.63) is 35.4 Å². The molecule has 0 radical (unpaired) electrons. The van der Waals surface area contributed by atoms with E-state index in [2.05, 4.69) is 36.5 Å². The maximum atomic E-state index is 11.1. The zero-order valence-corrected chi connectivity index (χ0v) is 11.6. The Hall–Kier alpha value is -1.55. The number of carbonyl (C=O) groups is 1. The van der Waals surface area contributed by atoms with Crippen molar-refractivity contribution < 1.29 is 4.79 Å². The topological polar surface area (TPSA) is 58.4 Å². The number of aryl methyl sites for hydroxylation is 1. The third-order valence-electron chi connectivity index (χ3n) is 3.89. The van der Waals surface area contributed by atoms with E-state index < -0.39 is 0 Å². The second-order valence-electron chi connectivity index (χ2n) is 5.10. The van der Waals surface area contributed by atoms with Gasteiger partial charge in [-0.15, -0.1) is 0 Å². The van der Waals surface area contributed by atoms with Crippen molar-refractivity contribution in [2.75, 3.05) is 13.1 Å². The normalized spacial score (nSPS) is 16.6. The largest absolute Gasteiger partial charge is 0.351 e. The monoisotopic (exact) mass is 261 g/mol. The number of piperidine rings is 1. The Labute approximate surface area is 115 Å². The molecule has 4 heteroatoms. The number of nitrogens with two attached hydrogens (primary N) is 1. The molecule has 0 aromatic heterocycles. The van der Waals surface area contributed by atoms with Crippen LogP contribution in [-0.4, -0.2) is 30.1 Å². The van der Waals surface area contributed by atoms with Gasteiger partial charge in [0, 0.05) is 25.7 Å². The van der Waals surface area contributed by atoms with Gasteiger partial charge in [-0.25, -0.2) is 4.79 Å². The molecule has 1 fully saturated rings. The molecule has 19 heavy (non-hydrogen) atoms. The number of nitrogens with one attached hydrogen (secondary N) is 1. The first kappa shape index (κ1) is 13.9. The summed E-state index contributed by atoms with van der Waals surface area (Å²) in [5.41, 5.74) is 8.07. The molecule has 104 valence electrons. The molecule has 0 atom stereocenters. The van der Waals surface area contributed by atoms with Crippen LogP contribution in [0.25, 0.3) is 0 Å². The molecule has 0 bridgehead atoms. The summed E-state index contributed by atoms with van der Waals surface area (Å²) in [5.74, 6) is 0. The average Bonchev–Trinajstić information content (AvgIpc) is 2.45. The van der Waals surface area contributed by atoms with Crippen LogP contribution in [0.2, 0.25) is 0 Å². The number of benzene rings is 1. The molecule has 0 unspecified atom stereocenters. The van der Waals surface area contributed by atoms with Crippen LogP contribution in [0.5, 0.6) is 0 Å². The lowest BCUT2D eigenvalue weighted by Crippen LogP contribution is -2.46. The minimum absolute atomic E-state index is 0.297. The Kier molecular flexibility index (Phi) is 4.80. The van der Waals surface area contributed by atoms with Crippen LogP contribution in [0.15, 0.2) is 24.3 Å². The number of primary amides is 1. The first-order chi connectivity index (χ1) is 9.20. The van der Waals surface area contributed by atoms with Crippen molar-refractivity contribution in [1.29, 1.82) is 0 Å². The highest BCUT2D eigenvalue weighted by atomic mass is 16.2. The number of hydrogen-bond donors (Lipinski definition) is 2. The van der Waals surface area contributed by atoms with E-state index in [1.165, 1.54) is 11.1 Å². The Morgan fingerprint density at radius 3 is 2.53 bits per heavy atom. The van der Waals surface area contributed by atoms with Crippen molar-refractivity contribution >= 4 is 6.03 Å². The molecule has 1 aromatic carbocycles. The fourth-order valence-corrected chi connectivity index (χ4v) is 2.63. The highest BCUT2D eigenvalue weighted by Crippen LogP contribution is 2.13. The molecule has 0 aliphatic carbocycles. The summed E-state index contributed by atoms with van der Waals surface area (Å²) in [5, 5.41) is 3.59. The van der Waals surface area contributed by atoms with Gasteiger partial charge in [-0.3, -0.25) is 0 Å². The maximum Gasteiger partial charge on any atom is 0.314 e. The summed E-state index contributed by atoms with van der Waals surface area (Å²) in [6, 6.07) is 8.74. The van der Waals surface area contributed by atoms with Crippen molar-refractivity contribution in [2.24, 2.45) is 5.73 Å². The summed E-state index contributed by atoms with van der Waals surface area (Å²) in [4.78, 5) is 12.8. The molecule has 1 aliphatic rings. The number of likely N-dealkylation sites (tertiary alicyclic amines) is 1. The summed E-state index contributed by atoms with van der Waals surface area (Å²) in [7, 11) is 0. The van der Waals surface area contributed by atoms with E-state index >= 15 is 0 Å². The zero-order valence-electron chi connectivity index (χ0n) is 11.6. The molecule has 0 spiro atoms. The van der Waals surface area contributed by atoms with Crippen molar-refractivity contribution in [3.63, 3.8) is 0 Å². The van der Waals surface area contributed by atoms with E-state index in [1.807, 2.05) is 0 Å². The molecule has 3 N–H and O–H groups in total. The SMILES string of the molecule is CCc1ccccc1CNC1CCN(C(N)=O)CC1. The van der Waals surface area contributed by atoms with Crippen molar-refractivity contribution in [2.45, 2.75) is 38.8 Å². The van der Waals surface area contributed by atoms with Gasteiger partial charge < -0.3 is 16.0 Å². The van der Waals surface area contributed by atoms with Gasteiger partial charge in [-0.05, 0) is 30.4 Å². The first-order valence-corrected chi connectivity index (χ1v) is 7.05. The lowest BCUT2D eigenvalue weighted by molar-refractivity contribution is 0.185. The number of rotatable bonds is 4. The fourth-order valence-electron chi connectivity index (χ4n) is 2.63. The Morgan fingerprint density at radius 1 is 1.32 bits per heavy atom. The summed E-state index contributed by atoms with van der Waals surface area (Å²) in [6.45, 7) is 4.63. The van der Waals surface area contributed by atoms with Gasteiger partial charge in [0.05, 0.1) is 0 Å². The number of amides is 2. The van der Waals surface area contributed by atoms with E-state index in [0.29, 0.717) is 6.04 Å². The highest BCUT2D eigenvalue weighted by molar-refractivity contribution is 5.72. The van der Waals surface area contributed by atoms with Gasteiger partial charge in [-0.1, -0.05) is 31.2 Å². The number of hydrogen-bond acceptors (Lipinski definition) is 2. The van der Waals surface area contributed by atoms with Crippen molar-refractivity contribution in [3.8, 4) is 0 Å². The minimum Gasteiger partial charge on any atom is -0.351 e. The third kappa shape index (κ3) is 3.70. The van der Waals surface area contributed by atoms with E-state index in [-0.39, 0.29) is 6.03 Å². The summed E-state index contributed by atoms with van der Waals surface area (Å²) >= 11 is 0. The summed E-state index contributed by atoms with van der Waals surface area (Å²) < 4.78 is 0. The quantitative estimate of drug-likeness (QED) is 0.869. The molecule has 1 heterocycles. The molecule has 1 aliphatic heterocycles. The maximum absolute atomic E-state index is 11.1. The molecular formula is C15H23N3O. The minimum atomic E-state index is -0.297. The van der Waals surface area contributed by atoms with E-state index in [1.54, 1.807) is 4.90 Å². The predicted molar refractivity (Wildman–Crippen MR) is 76.8 cm³/mol. The van der Waals surface area contributed by atoms with Gasteiger partial charge >= 0.3 is 6.03 Å². The fraction of sp³-hybridized carbons (Fsp3) is 0.533. The van der Waals surface area contributed by atoms with Crippen LogP contribution in [-0.2, 0) is 13.0 Å². The molecular weight excluding hydrogens is 238 g/mol. The highest BCUT2D eigenvalue weighted by Gasteiger charge is 2.20. The lowest BCUT2D eigenvalue weighted by atomic mass is 10.0. The standard InChI is InChI=1S/C15H23N3O/c1-2-12-5-3-4-6-13(12)11-17-14-7-9-18(10-8-14)15(16)19/h3-6,14,17H,2,7-11H2,1H3,(H2,16,19). The molecule has 2 amide bonds. The van der Waals surface area contributed by atoms with Gasteiger partial charge in [0.25, 0.3) is 0 Å². The Balaban J connectivity index is 1.82. The first-order valence-electron chi connectivity index (χ1n) is 7.05. The molecule has 2 rings (SSSR count). The number of urea groups is 1. The lowest BCUT2D eigenvalue weighted by Gasteiger charge is -2.31. The molecule has 1 aromatic rings. The Morgan fingerprint density at radius 2 is 1.95 bits per heavy atom. The second kappa shape index (κ2) is 6.57. The van der Waals surface area contributed by atoms with Gasteiger partial charge in [0.15, 0.2) is 0 Å². The molecule has 1 saturated heterocycles. The number of carbonyl (C=O) groups excluding carboxylic acids is 1.